The topological polar surface area (TPSA) is 60.0 Å². The lowest BCUT2D eigenvalue weighted by Gasteiger charge is -2.37. The fourth-order valence-electron chi connectivity index (χ4n) is 4.06. The van der Waals surface area contributed by atoms with E-state index >= 15 is 0 Å². The van der Waals surface area contributed by atoms with Crippen molar-refractivity contribution >= 4 is 11.7 Å². The van der Waals surface area contributed by atoms with Crippen LogP contribution in [0.1, 0.15) is 37.7 Å². The van der Waals surface area contributed by atoms with Gasteiger partial charge in [0.2, 0.25) is 0 Å². The van der Waals surface area contributed by atoms with Crippen molar-refractivity contribution in [1.82, 2.24) is 4.90 Å². The van der Waals surface area contributed by atoms with E-state index in [4.69, 9.17) is 14.2 Å². The molecule has 1 saturated carbocycles. The van der Waals surface area contributed by atoms with Crippen LogP contribution in [0.3, 0.4) is 0 Å². The normalized spacial score (nSPS) is 20.2. The van der Waals surface area contributed by atoms with Crippen molar-refractivity contribution in [3.05, 3.63) is 11.6 Å². The number of anilines is 1. The number of carbonyl (C=O) groups excluding carboxylic acids is 1. The first kappa shape index (κ1) is 17.7. The largest absolute Gasteiger partial charge is 0.494 e. The minimum atomic E-state index is -0.0562. The second-order valence-corrected chi connectivity index (χ2v) is 6.84. The lowest BCUT2D eigenvalue weighted by molar-refractivity contribution is 0.148. The van der Waals surface area contributed by atoms with Gasteiger partial charge in [0.25, 0.3) is 0 Å². The molecule has 1 N–H and O–H groups in total. The van der Waals surface area contributed by atoms with Crippen molar-refractivity contribution in [3.8, 4) is 17.2 Å². The zero-order valence-electron chi connectivity index (χ0n) is 15.6. The predicted molar refractivity (Wildman–Crippen MR) is 96.9 cm³/mol. The molecule has 1 aliphatic carbocycles. The number of nitrogens with zero attached hydrogens (tertiary/aromatic N) is 1. The predicted octanol–water partition coefficient (Wildman–Crippen LogP) is 3.82. The lowest BCUT2D eigenvalue weighted by atomic mass is 9.79. The fourth-order valence-corrected chi connectivity index (χ4v) is 4.06. The third-order valence-corrected chi connectivity index (χ3v) is 5.55. The molecule has 0 bridgehead atoms. The Hall–Kier alpha value is -2.11. The van der Waals surface area contributed by atoms with E-state index in [9.17, 15) is 4.79 Å². The fraction of sp³-hybridized carbons (Fsp3) is 0.632. The Morgan fingerprint density at radius 3 is 2.36 bits per heavy atom. The summed E-state index contributed by atoms with van der Waals surface area (Å²) >= 11 is 0. The van der Waals surface area contributed by atoms with Crippen LogP contribution in [0, 0.1) is 12.8 Å². The number of hydrogen-bond donors (Lipinski definition) is 1. The smallest absolute Gasteiger partial charge is 0.322 e. The molecule has 6 nitrogen and oxygen atoms in total. The number of carbonyl (C=O) groups is 1. The Morgan fingerprint density at radius 2 is 1.80 bits per heavy atom. The summed E-state index contributed by atoms with van der Waals surface area (Å²) in [5, 5.41) is 3.03. The molecule has 3 rings (SSSR count). The van der Waals surface area contributed by atoms with E-state index in [0.717, 1.165) is 24.9 Å². The summed E-state index contributed by atoms with van der Waals surface area (Å²) in [5.74, 6) is 2.46. The van der Waals surface area contributed by atoms with Gasteiger partial charge in [-0.2, -0.15) is 0 Å². The number of likely N-dealkylation sites (tertiary alicyclic amines) is 1. The van der Waals surface area contributed by atoms with E-state index in [1.165, 1.54) is 19.3 Å². The molecule has 0 spiro atoms. The average Bonchev–Trinajstić information content (AvgIpc) is 3.02. The molecule has 1 aromatic carbocycles. The van der Waals surface area contributed by atoms with Crippen molar-refractivity contribution in [2.45, 2.75) is 45.1 Å². The van der Waals surface area contributed by atoms with Crippen LogP contribution in [0.5, 0.6) is 17.2 Å². The van der Waals surface area contributed by atoms with Gasteiger partial charge in [-0.05, 0) is 38.5 Å². The first-order valence-electron chi connectivity index (χ1n) is 8.97. The highest BCUT2D eigenvalue weighted by Gasteiger charge is 2.37. The third-order valence-electron chi connectivity index (χ3n) is 5.55. The summed E-state index contributed by atoms with van der Waals surface area (Å²) in [5.41, 5.74) is 1.42. The molecule has 1 aliphatic heterocycles. The Balaban J connectivity index is 1.84. The van der Waals surface area contributed by atoms with Crippen molar-refractivity contribution < 1.29 is 19.0 Å². The molecule has 0 aromatic heterocycles. The number of methoxy groups -OCH3 is 3. The minimum absolute atomic E-state index is 0.0562. The maximum absolute atomic E-state index is 12.9. The maximum Gasteiger partial charge on any atom is 0.322 e. The number of urea groups is 1. The number of nitrogens with one attached hydrogen (secondary N) is 1. The molecule has 0 radical (unpaired) electrons. The second-order valence-electron chi connectivity index (χ2n) is 6.84. The monoisotopic (exact) mass is 348 g/mol. The highest BCUT2D eigenvalue weighted by molar-refractivity contribution is 5.92. The summed E-state index contributed by atoms with van der Waals surface area (Å²) in [6, 6.07) is 2.08. The molecular formula is C19H28N2O4. The van der Waals surface area contributed by atoms with Crippen LogP contribution in [0.25, 0.3) is 0 Å². The molecule has 1 heterocycles. The van der Waals surface area contributed by atoms with Gasteiger partial charge < -0.3 is 24.4 Å². The van der Waals surface area contributed by atoms with Crippen LogP contribution in [0.4, 0.5) is 10.5 Å². The summed E-state index contributed by atoms with van der Waals surface area (Å²) in [6.45, 7) is 2.71. The van der Waals surface area contributed by atoms with Crippen LogP contribution in [-0.4, -0.2) is 44.8 Å². The molecule has 1 atom stereocenters. The Labute approximate surface area is 149 Å². The summed E-state index contributed by atoms with van der Waals surface area (Å²) < 4.78 is 16.3. The standard InChI is InChI=1S/C19H28N2O4/c1-12-17(24-3)14(11-16(23-2)18(12)25-4)20-19(22)21-10-6-9-15(21)13-7-5-8-13/h11,13,15H,5-10H2,1-4H3,(H,20,22). The number of amides is 2. The first-order valence-corrected chi connectivity index (χ1v) is 8.97. The molecule has 138 valence electrons. The number of hydrogen-bond acceptors (Lipinski definition) is 4. The van der Waals surface area contributed by atoms with Gasteiger partial charge in [-0.1, -0.05) is 6.42 Å². The van der Waals surface area contributed by atoms with E-state index in [1.54, 1.807) is 27.4 Å². The van der Waals surface area contributed by atoms with Gasteiger partial charge in [0.05, 0.1) is 27.0 Å². The molecule has 2 fully saturated rings. The molecule has 6 heteroatoms. The quantitative estimate of drug-likeness (QED) is 0.879. The molecule has 1 unspecified atom stereocenters. The molecular weight excluding hydrogens is 320 g/mol. The second kappa shape index (κ2) is 7.42. The van der Waals surface area contributed by atoms with E-state index in [0.29, 0.717) is 34.9 Å². The Morgan fingerprint density at radius 1 is 1.08 bits per heavy atom. The molecule has 2 amide bonds. The van der Waals surface area contributed by atoms with Crippen molar-refractivity contribution in [1.29, 1.82) is 0 Å². The Kier molecular flexibility index (Phi) is 5.25. The minimum Gasteiger partial charge on any atom is -0.494 e. The molecule has 25 heavy (non-hydrogen) atoms. The lowest BCUT2D eigenvalue weighted by Crippen LogP contribution is -2.44. The van der Waals surface area contributed by atoms with E-state index < -0.39 is 0 Å². The highest BCUT2D eigenvalue weighted by Crippen LogP contribution is 2.43. The zero-order valence-corrected chi connectivity index (χ0v) is 15.6. The molecule has 1 saturated heterocycles. The van der Waals surface area contributed by atoms with Gasteiger partial charge in [-0.15, -0.1) is 0 Å². The van der Waals surface area contributed by atoms with Crippen molar-refractivity contribution in [3.63, 3.8) is 0 Å². The van der Waals surface area contributed by atoms with Gasteiger partial charge in [-0.3, -0.25) is 0 Å². The average molecular weight is 348 g/mol. The SMILES string of the molecule is COc1cc(NC(=O)N2CCCC2C2CCC2)c(OC)c(C)c1OC. The Bertz CT molecular complexity index is 643. The van der Waals surface area contributed by atoms with E-state index in [1.807, 2.05) is 11.8 Å². The van der Waals surface area contributed by atoms with E-state index in [2.05, 4.69) is 5.32 Å². The number of ether oxygens (including phenoxy) is 3. The van der Waals surface area contributed by atoms with E-state index in [-0.39, 0.29) is 6.03 Å². The van der Waals surface area contributed by atoms with Crippen LogP contribution in [0.15, 0.2) is 6.07 Å². The van der Waals surface area contributed by atoms with Crippen LogP contribution < -0.4 is 19.5 Å². The van der Waals surface area contributed by atoms with Gasteiger partial charge in [0, 0.05) is 24.2 Å². The van der Waals surface area contributed by atoms with Gasteiger partial charge in [0.1, 0.15) is 5.75 Å². The van der Waals surface area contributed by atoms with Gasteiger partial charge in [-0.25, -0.2) is 4.79 Å². The van der Waals surface area contributed by atoms with Gasteiger partial charge in [0.15, 0.2) is 11.5 Å². The first-order chi connectivity index (χ1) is 12.1. The maximum atomic E-state index is 12.9. The van der Waals surface area contributed by atoms with Crippen molar-refractivity contribution in [2.24, 2.45) is 5.92 Å². The third kappa shape index (κ3) is 3.22. The number of rotatable bonds is 5. The van der Waals surface area contributed by atoms with Crippen LogP contribution in [-0.2, 0) is 0 Å². The highest BCUT2D eigenvalue weighted by atomic mass is 16.5. The number of benzene rings is 1. The zero-order chi connectivity index (χ0) is 18.0. The summed E-state index contributed by atoms with van der Waals surface area (Å²) in [6.07, 6.45) is 5.97. The van der Waals surface area contributed by atoms with Crippen molar-refractivity contribution in [2.75, 3.05) is 33.2 Å². The summed E-state index contributed by atoms with van der Waals surface area (Å²) in [7, 11) is 4.77. The molecule has 2 aliphatic rings. The van der Waals surface area contributed by atoms with Crippen LogP contribution >= 0.6 is 0 Å². The summed E-state index contributed by atoms with van der Waals surface area (Å²) in [4.78, 5) is 14.9. The van der Waals surface area contributed by atoms with Gasteiger partial charge >= 0.3 is 6.03 Å². The molecule has 1 aromatic rings. The van der Waals surface area contributed by atoms with Crippen LogP contribution in [0.2, 0.25) is 0 Å².